The highest BCUT2D eigenvalue weighted by Gasteiger charge is 2.45. The van der Waals surface area contributed by atoms with Gasteiger partial charge in [-0.3, -0.25) is 10.1 Å². The van der Waals surface area contributed by atoms with Crippen molar-refractivity contribution in [3.05, 3.63) is 33.9 Å². The third-order valence-electron chi connectivity index (χ3n) is 4.88. The van der Waals surface area contributed by atoms with E-state index in [1.165, 1.54) is 22.5 Å². The molecule has 1 aliphatic carbocycles. The molecule has 0 spiro atoms. The zero-order chi connectivity index (χ0) is 16.1. The Morgan fingerprint density at radius 3 is 2.64 bits per heavy atom. The van der Waals surface area contributed by atoms with Crippen LogP contribution in [0.4, 0.5) is 5.69 Å². The molecule has 2 N–H and O–H groups in total. The molecule has 3 atom stereocenters. The van der Waals surface area contributed by atoms with Gasteiger partial charge in [0.2, 0.25) is 10.0 Å². The van der Waals surface area contributed by atoms with E-state index in [1.807, 2.05) is 0 Å². The van der Waals surface area contributed by atoms with Gasteiger partial charge in [-0.1, -0.05) is 0 Å². The molecule has 0 aromatic heterocycles. The minimum absolute atomic E-state index is 0.0701. The highest BCUT2D eigenvalue weighted by atomic mass is 32.2. The summed E-state index contributed by atoms with van der Waals surface area (Å²) in [6.45, 7) is 2.49. The van der Waals surface area contributed by atoms with Gasteiger partial charge in [-0.05, 0) is 43.7 Å². The standard InChI is InChI=1S/C14H19N3O4S/c1-9-6-11(3-5-14(9)17(18)19)22(20,21)16-7-10-2-4-13(15)12(10)8-16/h3,5-6,10,12-13H,2,4,7-8,15H2,1H3. The van der Waals surface area contributed by atoms with Crippen LogP contribution < -0.4 is 5.73 Å². The average molecular weight is 325 g/mol. The van der Waals surface area contributed by atoms with E-state index < -0.39 is 14.9 Å². The fourth-order valence-electron chi connectivity index (χ4n) is 3.61. The molecule has 120 valence electrons. The maximum absolute atomic E-state index is 12.7. The van der Waals surface area contributed by atoms with E-state index in [0.717, 1.165) is 12.8 Å². The second kappa shape index (κ2) is 5.29. The average Bonchev–Trinajstić information content (AvgIpc) is 3.01. The first-order chi connectivity index (χ1) is 10.3. The number of sulfonamides is 1. The van der Waals surface area contributed by atoms with E-state index in [0.29, 0.717) is 24.6 Å². The second-order valence-electron chi connectivity index (χ2n) is 6.19. The first kappa shape index (κ1) is 15.4. The summed E-state index contributed by atoms with van der Waals surface area (Å²) in [7, 11) is -3.61. The second-order valence-corrected chi connectivity index (χ2v) is 8.13. The minimum atomic E-state index is -3.61. The predicted octanol–water partition coefficient (Wildman–Crippen LogP) is 1.26. The molecule has 2 aliphatic rings. The maximum Gasteiger partial charge on any atom is 0.272 e. The quantitative estimate of drug-likeness (QED) is 0.665. The molecule has 1 aromatic rings. The highest BCUT2D eigenvalue weighted by molar-refractivity contribution is 7.89. The van der Waals surface area contributed by atoms with Crippen LogP contribution in [0.3, 0.4) is 0 Å². The number of benzene rings is 1. The zero-order valence-electron chi connectivity index (χ0n) is 12.3. The van der Waals surface area contributed by atoms with Gasteiger partial charge in [-0.15, -0.1) is 0 Å². The normalized spacial score (nSPS) is 28.7. The molecular formula is C14H19N3O4S. The lowest BCUT2D eigenvalue weighted by molar-refractivity contribution is -0.385. The van der Waals surface area contributed by atoms with Crippen molar-refractivity contribution in [2.45, 2.75) is 30.7 Å². The Morgan fingerprint density at radius 1 is 1.32 bits per heavy atom. The first-order valence-electron chi connectivity index (χ1n) is 7.31. The van der Waals surface area contributed by atoms with Crippen molar-refractivity contribution >= 4 is 15.7 Å². The molecule has 0 bridgehead atoms. The maximum atomic E-state index is 12.7. The Hall–Kier alpha value is -1.51. The summed E-state index contributed by atoms with van der Waals surface area (Å²) in [5.41, 5.74) is 6.32. The molecule has 1 saturated carbocycles. The molecule has 7 nitrogen and oxygen atoms in total. The van der Waals surface area contributed by atoms with Crippen LogP contribution in [-0.2, 0) is 10.0 Å². The lowest BCUT2D eigenvalue weighted by Crippen LogP contribution is -2.33. The van der Waals surface area contributed by atoms with Crippen LogP contribution in [0.15, 0.2) is 23.1 Å². The summed E-state index contributed by atoms with van der Waals surface area (Å²) in [5.74, 6) is 0.567. The molecular weight excluding hydrogens is 306 g/mol. The smallest absolute Gasteiger partial charge is 0.272 e. The van der Waals surface area contributed by atoms with Gasteiger partial charge in [0.25, 0.3) is 5.69 Å². The summed E-state index contributed by atoms with van der Waals surface area (Å²) < 4.78 is 26.9. The molecule has 2 fully saturated rings. The molecule has 1 aromatic carbocycles. The van der Waals surface area contributed by atoms with Crippen LogP contribution in [0.1, 0.15) is 18.4 Å². The monoisotopic (exact) mass is 325 g/mol. The largest absolute Gasteiger partial charge is 0.327 e. The van der Waals surface area contributed by atoms with E-state index in [9.17, 15) is 18.5 Å². The van der Waals surface area contributed by atoms with Crippen molar-refractivity contribution in [1.29, 1.82) is 0 Å². The van der Waals surface area contributed by atoms with E-state index in [1.54, 1.807) is 6.92 Å². The fraction of sp³-hybridized carbons (Fsp3) is 0.571. The molecule has 3 unspecified atom stereocenters. The molecule has 0 radical (unpaired) electrons. The van der Waals surface area contributed by atoms with Crippen LogP contribution in [0, 0.1) is 28.9 Å². The van der Waals surface area contributed by atoms with E-state index in [2.05, 4.69) is 0 Å². The highest BCUT2D eigenvalue weighted by Crippen LogP contribution is 2.39. The summed E-state index contributed by atoms with van der Waals surface area (Å²) in [4.78, 5) is 10.4. The van der Waals surface area contributed by atoms with Crippen molar-refractivity contribution in [3.8, 4) is 0 Å². The van der Waals surface area contributed by atoms with Crippen molar-refractivity contribution in [3.63, 3.8) is 0 Å². The Balaban J connectivity index is 1.88. The van der Waals surface area contributed by atoms with Crippen molar-refractivity contribution in [1.82, 2.24) is 4.31 Å². The number of nitro groups is 1. The number of nitrogens with two attached hydrogens (primary N) is 1. The zero-order valence-corrected chi connectivity index (χ0v) is 13.1. The summed E-state index contributed by atoms with van der Waals surface area (Å²) >= 11 is 0. The van der Waals surface area contributed by atoms with Crippen LogP contribution >= 0.6 is 0 Å². The number of rotatable bonds is 3. The van der Waals surface area contributed by atoms with Crippen LogP contribution in [0.2, 0.25) is 0 Å². The van der Waals surface area contributed by atoms with Crippen LogP contribution in [-0.4, -0.2) is 36.8 Å². The van der Waals surface area contributed by atoms with Gasteiger partial charge in [0.15, 0.2) is 0 Å². The van der Waals surface area contributed by atoms with Crippen molar-refractivity contribution in [2.75, 3.05) is 13.1 Å². The predicted molar refractivity (Wildman–Crippen MR) is 80.8 cm³/mol. The van der Waals surface area contributed by atoms with E-state index >= 15 is 0 Å². The van der Waals surface area contributed by atoms with Crippen LogP contribution in [0.25, 0.3) is 0 Å². The molecule has 1 saturated heterocycles. The summed E-state index contributed by atoms with van der Waals surface area (Å²) in [6.07, 6.45) is 1.93. The number of hydrogen-bond donors (Lipinski definition) is 1. The number of aryl methyl sites for hydroxylation is 1. The van der Waals surface area contributed by atoms with E-state index in [-0.39, 0.29) is 22.5 Å². The fourth-order valence-corrected chi connectivity index (χ4v) is 5.23. The molecule has 1 heterocycles. The first-order valence-corrected chi connectivity index (χ1v) is 8.75. The van der Waals surface area contributed by atoms with Gasteiger partial charge < -0.3 is 5.73 Å². The Bertz CT molecular complexity index is 719. The Labute approximate surface area is 129 Å². The van der Waals surface area contributed by atoms with Gasteiger partial charge in [-0.25, -0.2) is 8.42 Å². The van der Waals surface area contributed by atoms with Gasteiger partial charge >= 0.3 is 0 Å². The molecule has 8 heteroatoms. The number of fused-ring (bicyclic) bond motifs is 1. The van der Waals surface area contributed by atoms with Crippen molar-refractivity contribution in [2.24, 2.45) is 17.6 Å². The number of nitrogens with zero attached hydrogens (tertiary/aromatic N) is 2. The molecule has 0 amide bonds. The SMILES string of the molecule is Cc1cc(S(=O)(=O)N2CC3CCC(N)C3C2)ccc1[N+](=O)[O-]. The Kier molecular flexibility index (Phi) is 3.70. The topological polar surface area (TPSA) is 107 Å². The Morgan fingerprint density at radius 2 is 2.05 bits per heavy atom. The van der Waals surface area contributed by atoms with Gasteiger partial charge in [0.05, 0.1) is 9.82 Å². The molecule has 22 heavy (non-hydrogen) atoms. The van der Waals surface area contributed by atoms with Crippen LogP contribution in [0.5, 0.6) is 0 Å². The minimum Gasteiger partial charge on any atom is -0.327 e. The third kappa shape index (κ3) is 2.41. The lowest BCUT2D eigenvalue weighted by Gasteiger charge is -2.18. The summed E-state index contributed by atoms with van der Waals surface area (Å²) in [5, 5.41) is 10.8. The van der Waals surface area contributed by atoms with Gasteiger partial charge in [0.1, 0.15) is 0 Å². The summed E-state index contributed by atoms with van der Waals surface area (Å²) in [6, 6.07) is 4.02. The third-order valence-corrected chi connectivity index (χ3v) is 6.71. The molecule has 3 rings (SSSR count). The number of nitro benzene ring substituents is 1. The van der Waals surface area contributed by atoms with Gasteiger partial charge in [-0.2, -0.15) is 4.31 Å². The van der Waals surface area contributed by atoms with E-state index in [4.69, 9.17) is 5.73 Å². The number of hydrogen-bond acceptors (Lipinski definition) is 5. The lowest BCUT2D eigenvalue weighted by atomic mass is 9.98. The molecule has 1 aliphatic heterocycles. The van der Waals surface area contributed by atoms with Crippen molar-refractivity contribution < 1.29 is 13.3 Å². The van der Waals surface area contributed by atoms with Gasteiger partial charge in [0, 0.05) is 30.8 Å².